The molecule has 112 valence electrons. The van der Waals surface area contributed by atoms with Crippen molar-refractivity contribution in [1.29, 1.82) is 0 Å². The Morgan fingerprint density at radius 1 is 1.55 bits per heavy atom. The first kappa shape index (κ1) is 15.0. The Bertz CT molecular complexity index is 456. The van der Waals surface area contributed by atoms with Gasteiger partial charge in [-0.25, -0.2) is 0 Å². The van der Waals surface area contributed by atoms with Gasteiger partial charge >= 0.3 is 5.97 Å². The van der Waals surface area contributed by atoms with Crippen LogP contribution in [0.1, 0.15) is 43.9 Å². The summed E-state index contributed by atoms with van der Waals surface area (Å²) in [7, 11) is 1.94. The Morgan fingerprint density at radius 2 is 2.35 bits per heavy atom. The van der Waals surface area contributed by atoms with E-state index >= 15 is 0 Å². The molecule has 2 atom stereocenters. The number of nitrogens with zero attached hydrogens (tertiary/aromatic N) is 2. The van der Waals surface area contributed by atoms with Gasteiger partial charge < -0.3 is 10.1 Å². The van der Waals surface area contributed by atoms with Crippen molar-refractivity contribution in [3.63, 3.8) is 0 Å². The zero-order chi connectivity index (χ0) is 14.5. The van der Waals surface area contributed by atoms with E-state index in [2.05, 4.69) is 10.4 Å². The molecule has 5 heteroatoms. The lowest BCUT2D eigenvalue weighted by Crippen LogP contribution is -2.36. The molecule has 0 saturated heterocycles. The van der Waals surface area contributed by atoms with E-state index in [1.165, 1.54) is 5.56 Å². The Kier molecular flexibility index (Phi) is 5.17. The van der Waals surface area contributed by atoms with Crippen LogP contribution in [-0.4, -0.2) is 28.4 Å². The predicted octanol–water partition coefficient (Wildman–Crippen LogP) is 1.94. The molecule has 1 aromatic heterocycles. The summed E-state index contributed by atoms with van der Waals surface area (Å²) in [5.41, 5.74) is 2.29. The van der Waals surface area contributed by atoms with Gasteiger partial charge in [0.1, 0.15) is 0 Å². The van der Waals surface area contributed by atoms with Crippen molar-refractivity contribution in [2.75, 3.05) is 6.61 Å². The molecule has 1 aliphatic rings. The predicted molar refractivity (Wildman–Crippen MR) is 77.2 cm³/mol. The number of carbonyl (C=O) groups excluding carboxylic acids is 1. The topological polar surface area (TPSA) is 56.1 Å². The van der Waals surface area contributed by atoms with Gasteiger partial charge in [-0.2, -0.15) is 5.10 Å². The molecule has 20 heavy (non-hydrogen) atoms. The van der Waals surface area contributed by atoms with E-state index in [4.69, 9.17) is 4.74 Å². The van der Waals surface area contributed by atoms with Gasteiger partial charge in [0.15, 0.2) is 0 Å². The SMILES string of the molecule is CCOC(=O)C1CCCC(NCc2cn(C)nc2C)C1. The van der Waals surface area contributed by atoms with Crippen LogP contribution in [0, 0.1) is 12.8 Å². The second-order valence-electron chi connectivity index (χ2n) is 5.61. The van der Waals surface area contributed by atoms with Crippen LogP contribution in [0.25, 0.3) is 0 Å². The van der Waals surface area contributed by atoms with Crippen LogP contribution >= 0.6 is 0 Å². The molecule has 5 nitrogen and oxygen atoms in total. The maximum atomic E-state index is 11.8. The van der Waals surface area contributed by atoms with Crippen LogP contribution in [-0.2, 0) is 23.1 Å². The van der Waals surface area contributed by atoms with Gasteiger partial charge in [0.2, 0.25) is 0 Å². The molecular formula is C15H25N3O2. The normalized spacial score (nSPS) is 22.8. The van der Waals surface area contributed by atoms with E-state index in [0.29, 0.717) is 12.6 Å². The monoisotopic (exact) mass is 279 g/mol. The molecule has 1 saturated carbocycles. The number of hydrogen-bond donors (Lipinski definition) is 1. The highest BCUT2D eigenvalue weighted by atomic mass is 16.5. The summed E-state index contributed by atoms with van der Waals surface area (Å²) < 4.78 is 6.98. The van der Waals surface area contributed by atoms with Crippen LogP contribution in [0.5, 0.6) is 0 Å². The second-order valence-corrected chi connectivity index (χ2v) is 5.61. The third-order valence-corrected chi connectivity index (χ3v) is 3.99. The Balaban J connectivity index is 1.84. The summed E-state index contributed by atoms with van der Waals surface area (Å²) >= 11 is 0. The molecule has 0 amide bonds. The molecule has 1 N–H and O–H groups in total. The Morgan fingerprint density at radius 3 is 3.00 bits per heavy atom. The summed E-state index contributed by atoms with van der Waals surface area (Å²) in [6.45, 7) is 5.18. The van der Waals surface area contributed by atoms with Crippen LogP contribution in [0.4, 0.5) is 0 Å². The smallest absolute Gasteiger partial charge is 0.308 e. The van der Waals surface area contributed by atoms with Gasteiger partial charge in [-0.05, 0) is 33.1 Å². The Hall–Kier alpha value is -1.36. The first-order chi connectivity index (χ1) is 9.60. The van der Waals surface area contributed by atoms with Gasteiger partial charge in [-0.3, -0.25) is 9.48 Å². The first-order valence-corrected chi connectivity index (χ1v) is 7.49. The average Bonchev–Trinajstić information content (AvgIpc) is 2.75. The fraction of sp³-hybridized carbons (Fsp3) is 0.733. The van der Waals surface area contributed by atoms with E-state index in [1.807, 2.05) is 31.8 Å². The van der Waals surface area contributed by atoms with E-state index in [0.717, 1.165) is 37.9 Å². The number of rotatable bonds is 5. The molecule has 0 radical (unpaired) electrons. The van der Waals surface area contributed by atoms with Crippen molar-refractivity contribution < 1.29 is 9.53 Å². The molecule has 2 unspecified atom stereocenters. The summed E-state index contributed by atoms with van der Waals surface area (Å²) in [5, 5.41) is 7.90. The number of nitrogens with one attached hydrogen (secondary N) is 1. The largest absolute Gasteiger partial charge is 0.466 e. The number of esters is 1. The maximum absolute atomic E-state index is 11.8. The van der Waals surface area contributed by atoms with Gasteiger partial charge in [0.25, 0.3) is 0 Å². The zero-order valence-electron chi connectivity index (χ0n) is 12.7. The molecule has 1 fully saturated rings. The second kappa shape index (κ2) is 6.88. The Labute approximate surface area is 120 Å². The fourth-order valence-corrected chi connectivity index (χ4v) is 2.93. The lowest BCUT2D eigenvalue weighted by atomic mass is 9.85. The minimum absolute atomic E-state index is 0.0310. The van der Waals surface area contributed by atoms with Crippen molar-refractivity contribution in [3.8, 4) is 0 Å². The number of aromatic nitrogens is 2. The van der Waals surface area contributed by atoms with Gasteiger partial charge in [-0.15, -0.1) is 0 Å². The summed E-state index contributed by atoms with van der Waals surface area (Å²) in [4.78, 5) is 11.8. The number of aryl methyl sites for hydroxylation is 2. The summed E-state index contributed by atoms with van der Waals surface area (Å²) in [6, 6.07) is 0.401. The number of carbonyl (C=O) groups is 1. The van der Waals surface area contributed by atoms with Crippen LogP contribution in [0.3, 0.4) is 0 Å². The standard InChI is InChI=1S/C15H25N3O2/c1-4-20-15(19)12-6-5-7-14(8-12)16-9-13-10-18(3)17-11(13)2/h10,12,14,16H,4-9H2,1-3H3. The van der Waals surface area contributed by atoms with Crippen molar-refractivity contribution in [2.24, 2.45) is 13.0 Å². The third kappa shape index (κ3) is 3.82. The van der Waals surface area contributed by atoms with E-state index in [-0.39, 0.29) is 11.9 Å². The summed E-state index contributed by atoms with van der Waals surface area (Å²) in [6.07, 6.45) is 6.12. The molecule has 1 heterocycles. The van der Waals surface area contributed by atoms with Gasteiger partial charge in [0.05, 0.1) is 18.2 Å². The van der Waals surface area contributed by atoms with Crippen molar-refractivity contribution in [3.05, 3.63) is 17.5 Å². The van der Waals surface area contributed by atoms with Gasteiger partial charge in [0, 0.05) is 31.4 Å². The highest BCUT2D eigenvalue weighted by Crippen LogP contribution is 2.25. The third-order valence-electron chi connectivity index (χ3n) is 3.99. The van der Waals surface area contributed by atoms with Crippen molar-refractivity contribution >= 4 is 5.97 Å². The van der Waals surface area contributed by atoms with E-state index in [9.17, 15) is 4.79 Å². The molecule has 1 aromatic rings. The minimum atomic E-state index is -0.0310. The molecule has 0 bridgehead atoms. The molecule has 0 spiro atoms. The van der Waals surface area contributed by atoms with Crippen molar-refractivity contribution in [2.45, 2.75) is 52.1 Å². The first-order valence-electron chi connectivity index (χ1n) is 7.49. The molecule has 1 aliphatic carbocycles. The lowest BCUT2D eigenvalue weighted by molar-refractivity contribution is -0.149. The van der Waals surface area contributed by atoms with E-state index < -0.39 is 0 Å². The maximum Gasteiger partial charge on any atom is 0.308 e. The minimum Gasteiger partial charge on any atom is -0.466 e. The lowest BCUT2D eigenvalue weighted by Gasteiger charge is -2.28. The summed E-state index contributed by atoms with van der Waals surface area (Å²) in [5.74, 6) is 0.0350. The number of hydrogen-bond acceptors (Lipinski definition) is 4. The quantitative estimate of drug-likeness (QED) is 0.837. The molecule has 0 aliphatic heterocycles. The van der Waals surface area contributed by atoms with Crippen LogP contribution in [0.2, 0.25) is 0 Å². The average molecular weight is 279 g/mol. The van der Waals surface area contributed by atoms with Crippen LogP contribution < -0.4 is 5.32 Å². The van der Waals surface area contributed by atoms with E-state index in [1.54, 1.807) is 0 Å². The molecule has 0 aromatic carbocycles. The fourth-order valence-electron chi connectivity index (χ4n) is 2.93. The zero-order valence-corrected chi connectivity index (χ0v) is 12.7. The van der Waals surface area contributed by atoms with Gasteiger partial charge in [-0.1, -0.05) is 6.42 Å². The number of ether oxygens (including phenoxy) is 1. The van der Waals surface area contributed by atoms with Crippen molar-refractivity contribution in [1.82, 2.24) is 15.1 Å². The highest BCUT2D eigenvalue weighted by molar-refractivity contribution is 5.72. The molecular weight excluding hydrogens is 254 g/mol. The molecule has 2 rings (SSSR count). The highest BCUT2D eigenvalue weighted by Gasteiger charge is 2.27. The van der Waals surface area contributed by atoms with Crippen LogP contribution in [0.15, 0.2) is 6.20 Å².